The Hall–Kier alpha value is -1.63. The third kappa shape index (κ3) is 4.32. The first-order valence-corrected chi connectivity index (χ1v) is 9.04. The first kappa shape index (κ1) is 18.2. The van der Waals surface area contributed by atoms with Gasteiger partial charge in [0.15, 0.2) is 0 Å². The summed E-state index contributed by atoms with van der Waals surface area (Å²) in [6, 6.07) is 7.34. The van der Waals surface area contributed by atoms with Crippen LogP contribution in [0.15, 0.2) is 24.3 Å². The number of hydrogen-bond acceptors (Lipinski definition) is 4. The lowest BCUT2D eigenvalue weighted by Crippen LogP contribution is -2.61. The van der Waals surface area contributed by atoms with Crippen LogP contribution < -0.4 is 5.73 Å². The number of carbonyl (C=O) groups is 2. The summed E-state index contributed by atoms with van der Waals surface area (Å²) in [7, 11) is 0. The number of rotatable bonds is 3. The number of halogens is 1. The molecule has 1 aromatic carbocycles. The third-order valence-electron chi connectivity index (χ3n) is 4.97. The van der Waals surface area contributed by atoms with Gasteiger partial charge in [-0.2, -0.15) is 0 Å². The molecule has 0 spiro atoms. The maximum absolute atomic E-state index is 12.7. The zero-order valence-electron chi connectivity index (χ0n) is 14.2. The number of ether oxygens (including phenoxy) is 1. The largest absolute Gasteiger partial charge is 0.381 e. The number of carbonyl (C=O) groups excluding carboxylic acids is 2. The summed E-state index contributed by atoms with van der Waals surface area (Å²) >= 11 is 5.97. The van der Waals surface area contributed by atoms with Crippen LogP contribution in [0, 0.1) is 0 Å². The van der Waals surface area contributed by atoms with Crippen LogP contribution in [-0.2, 0) is 20.7 Å². The Morgan fingerprint density at radius 2 is 1.76 bits per heavy atom. The summed E-state index contributed by atoms with van der Waals surface area (Å²) in [6.45, 7) is 3.19. The molecule has 2 saturated heterocycles. The summed E-state index contributed by atoms with van der Waals surface area (Å²) < 4.78 is 5.30. The summed E-state index contributed by atoms with van der Waals surface area (Å²) in [6.07, 6.45) is 1.44. The van der Waals surface area contributed by atoms with Crippen molar-refractivity contribution >= 4 is 23.4 Å². The van der Waals surface area contributed by atoms with Gasteiger partial charge in [0.25, 0.3) is 0 Å². The molecule has 0 radical (unpaired) electrons. The summed E-state index contributed by atoms with van der Waals surface area (Å²) in [5.41, 5.74) is 6.37. The first-order chi connectivity index (χ1) is 12.0. The Morgan fingerprint density at radius 1 is 1.12 bits per heavy atom. The van der Waals surface area contributed by atoms with Crippen molar-refractivity contribution in [2.75, 3.05) is 39.4 Å². The molecule has 2 aliphatic rings. The van der Waals surface area contributed by atoms with E-state index in [2.05, 4.69) is 0 Å². The highest BCUT2D eigenvalue weighted by Crippen LogP contribution is 2.21. The fourth-order valence-corrected chi connectivity index (χ4v) is 3.57. The van der Waals surface area contributed by atoms with E-state index in [1.807, 2.05) is 18.2 Å². The Kier molecular flexibility index (Phi) is 5.61. The van der Waals surface area contributed by atoms with Gasteiger partial charge in [0.2, 0.25) is 11.8 Å². The second-order valence-corrected chi connectivity index (χ2v) is 7.18. The molecule has 0 aromatic heterocycles. The maximum Gasteiger partial charge on any atom is 0.242 e. The minimum atomic E-state index is -0.814. The lowest BCUT2D eigenvalue weighted by molar-refractivity contribution is -0.145. The monoisotopic (exact) mass is 365 g/mol. The van der Waals surface area contributed by atoms with Crippen LogP contribution in [0.4, 0.5) is 0 Å². The Balaban J connectivity index is 1.52. The average Bonchev–Trinajstić information content (AvgIpc) is 2.62. The number of nitrogens with two attached hydrogens (primary N) is 1. The van der Waals surface area contributed by atoms with Crippen LogP contribution in [-0.4, -0.2) is 66.5 Å². The van der Waals surface area contributed by atoms with Crippen LogP contribution in [0.25, 0.3) is 0 Å². The van der Waals surface area contributed by atoms with Crippen molar-refractivity contribution in [3.63, 3.8) is 0 Å². The van der Waals surface area contributed by atoms with Crippen molar-refractivity contribution in [1.82, 2.24) is 9.80 Å². The fraction of sp³-hybridized carbons (Fsp3) is 0.556. The molecule has 2 N–H and O–H groups in total. The molecule has 3 rings (SSSR count). The molecule has 2 amide bonds. The van der Waals surface area contributed by atoms with E-state index in [1.165, 1.54) is 0 Å². The molecule has 0 unspecified atom stereocenters. The molecule has 136 valence electrons. The fourth-order valence-electron chi connectivity index (χ4n) is 3.36. The van der Waals surface area contributed by atoms with E-state index < -0.39 is 5.54 Å². The van der Waals surface area contributed by atoms with Crippen molar-refractivity contribution < 1.29 is 14.3 Å². The molecule has 7 heteroatoms. The number of nitrogens with zero attached hydrogens (tertiary/aromatic N) is 2. The smallest absolute Gasteiger partial charge is 0.242 e. The summed E-state index contributed by atoms with van der Waals surface area (Å²) in [4.78, 5) is 28.8. The topological polar surface area (TPSA) is 75.9 Å². The highest BCUT2D eigenvalue weighted by atomic mass is 35.5. The van der Waals surface area contributed by atoms with Gasteiger partial charge in [-0.15, -0.1) is 0 Å². The van der Waals surface area contributed by atoms with Gasteiger partial charge in [-0.05, 0) is 30.5 Å². The predicted molar refractivity (Wildman–Crippen MR) is 95.3 cm³/mol. The zero-order chi connectivity index (χ0) is 17.9. The van der Waals surface area contributed by atoms with E-state index in [9.17, 15) is 9.59 Å². The van der Waals surface area contributed by atoms with Gasteiger partial charge < -0.3 is 20.3 Å². The first-order valence-electron chi connectivity index (χ1n) is 8.66. The minimum Gasteiger partial charge on any atom is -0.381 e. The van der Waals surface area contributed by atoms with E-state index in [4.69, 9.17) is 22.1 Å². The Labute approximate surface area is 152 Å². The Morgan fingerprint density at radius 3 is 2.40 bits per heavy atom. The van der Waals surface area contributed by atoms with E-state index in [0.29, 0.717) is 63.7 Å². The SMILES string of the molecule is NC1(C(=O)N2CCN(C(=O)Cc3cccc(Cl)c3)CC2)CCOCC1. The van der Waals surface area contributed by atoms with Gasteiger partial charge in [0.05, 0.1) is 12.0 Å². The highest BCUT2D eigenvalue weighted by Gasteiger charge is 2.40. The van der Waals surface area contributed by atoms with Gasteiger partial charge >= 0.3 is 0 Å². The molecule has 25 heavy (non-hydrogen) atoms. The molecule has 0 bridgehead atoms. The minimum absolute atomic E-state index is 0.0160. The van der Waals surface area contributed by atoms with Crippen LogP contribution in [0.2, 0.25) is 5.02 Å². The molecule has 0 aliphatic carbocycles. The number of piperazine rings is 1. The van der Waals surface area contributed by atoms with Crippen molar-refractivity contribution in [1.29, 1.82) is 0 Å². The van der Waals surface area contributed by atoms with E-state index in [-0.39, 0.29) is 11.8 Å². The molecular formula is C18H24ClN3O3. The highest BCUT2D eigenvalue weighted by molar-refractivity contribution is 6.30. The van der Waals surface area contributed by atoms with E-state index >= 15 is 0 Å². The van der Waals surface area contributed by atoms with Crippen molar-refractivity contribution in [2.24, 2.45) is 5.73 Å². The van der Waals surface area contributed by atoms with Crippen LogP contribution in [0.1, 0.15) is 18.4 Å². The number of amides is 2. The van der Waals surface area contributed by atoms with Gasteiger partial charge in [-0.1, -0.05) is 23.7 Å². The van der Waals surface area contributed by atoms with Gasteiger partial charge in [0.1, 0.15) is 0 Å². The van der Waals surface area contributed by atoms with Crippen molar-refractivity contribution in [2.45, 2.75) is 24.8 Å². The van der Waals surface area contributed by atoms with Crippen molar-refractivity contribution in [3.8, 4) is 0 Å². The van der Waals surface area contributed by atoms with Gasteiger partial charge in [0, 0.05) is 44.4 Å². The molecule has 6 nitrogen and oxygen atoms in total. The second kappa shape index (κ2) is 7.72. The average molecular weight is 366 g/mol. The quantitative estimate of drug-likeness (QED) is 0.869. The summed E-state index contributed by atoms with van der Waals surface area (Å²) in [5, 5.41) is 0.630. The van der Waals surface area contributed by atoms with E-state index in [0.717, 1.165) is 5.56 Å². The standard InChI is InChI=1S/C18H24ClN3O3/c19-15-3-1-2-14(12-15)13-16(23)21-6-8-22(9-7-21)17(24)18(20)4-10-25-11-5-18/h1-3,12H,4-11,13,20H2. The second-order valence-electron chi connectivity index (χ2n) is 6.75. The predicted octanol–water partition coefficient (Wildman–Crippen LogP) is 1.06. The zero-order valence-corrected chi connectivity index (χ0v) is 15.0. The molecule has 1 aromatic rings. The molecule has 0 atom stereocenters. The summed E-state index contributed by atoms with van der Waals surface area (Å²) in [5.74, 6) is 0.0423. The lowest BCUT2D eigenvalue weighted by Gasteiger charge is -2.41. The van der Waals surface area contributed by atoms with Crippen LogP contribution in [0.5, 0.6) is 0 Å². The maximum atomic E-state index is 12.7. The van der Waals surface area contributed by atoms with Crippen molar-refractivity contribution in [3.05, 3.63) is 34.9 Å². The molecule has 2 heterocycles. The molecule has 2 aliphatic heterocycles. The molecule has 0 saturated carbocycles. The van der Waals surface area contributed by atoms with Crippen LogP contribution in [0.3, 0.4) is 0 Å². The molecular weight excluding hydrogens is 342 g/mol. The normalized spacial score (nSPS) is 20.4. The molecule has 2 fully saturated rings. The Bertz CT molecular complexity index is 638. The van der Waals surface area contributed by atoms with Gasteiger partial charge in [-0.3, -0.25) is 9.59 Å². The third-order valence-corrected chi connectivity index (χ3v) is 5.21. The lowest BCUT2D eigenvalue weighted by atomic mass is 9.89. The van der Waals surface area contributed by atoms with E-state index in [1.54, 1.807) is 15.9 Å². The van der Waals surface area contributed by atoms with Gasteiger partial charge in [-0.25, -0.2) is 0 Å². The number of hydrogen-bond donors (Lipinski definition) is 1. The number of benzene rings is 1. The van der Waals surface area contributed by atoms with Crippen LogP contribution >= 0.6 is 11.6 Å².